The van der Waals surface area contributed by atoms with E-state index in [1.807, 2.05) is 0 Å². The van der Waals surface area contributed by atoms with Crippen LogP contribution < -0.4 is 15.2 Å². The van der Waals surface area contributed by atoms with Gasteiger partial charge < -0.3 is 20.3 Å². The lowest BCUT2D eigenvalue weighted by molar-refractivity contribution is -0.132. The predicted molar refractivity (Wildman–Crippen MR) is 62.9 cm³/mol. The SMILES string of the molecule is COc1cc([C@H](N)CCO)ccc1OC(C)=O. The van der Waals surface area contributed by atoms with Gasteiger partial charge in [-0.3, -0.25) is 4.79 Å². The first-order valence-electron chi connectivity index (χ1n) is 5.31. The highest BCUT2D eigenvalue weighted by atomic mass is 16.6. The molecule has 1 rings (SSSR count). The summed E-state index contributed by atoms with van der Waals surface area (Å²) in [6, 6.07) is 4.83. The van der Waals surface area contributed by atoms with E-state index in [0.717, 1.165) is 5.56 Å². The molecule has 0 radical (unpaired) electrons. The van der Waals surface area contributed by atoms with Gasteiger partial charge in [-0.05, 0) is 24.1 Å². The number of nitrogens with two attached hydrogens (primary N) is 1. The lowest BCUT2D eigenvalue weighted by Gasteiger charge is -2.14. The van der Waals surface area contributed by atoms with Crippen LogP contribution in [-0.2, 0) is 4.79 Å². The Morgan fingerprint density at radius 1 is 1.47 bits per heavy atom. The Morgan fingerprint density at radius 3 is 2.71 bits per heavy atom. The summed E-state index contributed by atoms with van der Waals surface area (Å²) in [5.41, 5.74) is 6.68. The largest absolute Gasteiger partial charge is 0.493 e. The highest BCUT2D eigenvalue weighted by molar-refractivity contribution is 5.70. The van der Waals surface area contributed by atoms with Crippen molar-refractivity contribution in [1.29, 1.82) is 0 Å². The molecule has 1 aromatic rings. The van der Waals surface area contributed by atoms with Gasteiger partial charge in [0.15, 0.2) is 11.5 Å². The third-order valence-corrected chi connectivity index (χ3v) is 2.31. The topological polar surface area (TPSA) is 81.8 Å². The molecule has 1 atom stereocenters. The van der Waals surface area contributed by atoms with Crippen LogP contribution in [0.15, 0.2) is 18.2 Å². The first-order chi connectivity index (χ1) is 8.08. The van der Waals surface area contributed by atoms with Crippen LogP contribution in [0.5, 0.6) is 11.5 Å². The summed E-state index contributed by atoms with van der Waals surface area (Å²) in [6.07, 6.45) is 0.468. The molecule has 5 nitrogen and oxygen atoms in total. The molecule has 0 amide bonds. The van der Waals surface area contributed by atoms with Crippen molar-refractivity contribution in [2.24, 2.45) is 5.73 Å². The molecule has 94 valence electrons. The molecule has 1 aromatic carbocycles. The number of rotatable bonds is 5. The Balaban J connectivity index is 2.95. The fourth-order valence-corrected chi connectivity index (χ4v) is 1.46. The molecule has 0 aliphatic heterocycles. The summed E-state index contributed by atoms with van der Waals surface area (Å²) in [4.78, 5) is 10.9. The number of aliphatic hydroxyl groups is 1. The summed E-state index contributed by atoms with van der Waals surface area (Å²) in [5.74, 6) is 0.404. The zero-order chi connectivity index (χ0) is 12.8. The maximum Gasteiger partial charge on any atom is 0.308 e. The number of hydrogen-bond acceptors (Lipinski definition) is 5. The molecule has 0 fully saturated rings. The van der Waals surface area contributed by atoms with Crippen LogP contribution >= 0.6 is 0 Å². The van der Waals surface area contributed by atoms with E-state index in [-0.39, 0.29) is 12.6 Å². The lowest BCUT2D eigenvalue weighted by atomic mass is 10.0. The van der Waals surface area contributed by atoms with Gasteiger partial charge in [0, 0.05) is 19.6 Å². The van der Waals surface area contributed by atoms with Crippen molar-refractivity contribution < 1.29 is 19.4 Å². The van der Waals surface area contributed by atoms with Gasteiger partial charge in [0.1, 0.15) is 0 Å². The minimum atomic E-state index is -0.407. The maximum absolute atomic E-state index is 10.9. The second-order valence-corrected chi connectivity index (χ2v) is 3.62. The second-order valence-electron chi connectivity index (χ2n) is 3.62. The van der Waals surface area contributed by atoms with Gasteiger partial charge in [-0.25, -0.2) is 0 Å². The minimum absolute atomic E-state index is 0.0230. The van der Waals surface area contributed by atoms with E-state index < -0.39 is 5.97 Å². The Bertz CT molecular complexity index is 392. The number of carbonyl (C=O) groups excluding carboxylic acids is 1. The number of carbonyl (C=O) groups is 1. The van der Waals surface area contributed by atoms with Crippen molar-refractivity contribution in [2.75, 3.05) is 13.7 Å². The normalized spacial score (nSPS) is 12.0. The maximum atomic E-state index is 10.9. The molecular weight excluding hydrogens is 222 g/mol. The van der Waals surface area contributed by atoms with Crippen LogP contribution in [0, 0.1) is 0 Å². The number of esters is 1. The van der Waals surface area contributed by atoms with Crippen molar-refractivity contribution >= 4 is 5.97 Å². The van der Waals surface area contributed by atoms with E-state index in [9.17, 15) is 4.79 Å². The van der Waals surface area contributed by atoms with Crippen LogP contribution in [0.4, 0.5) is 0 Å². The van der Waals surface area contributed by atoms with E-state index in [1.165, 1.54) is 14.0 Å². The number of methoxy groups -OCH3 is 1. The number of ether oxygens (including phenoxy) is 2. The van der Waals surface area contributed by atoms with E-state index in [4.69, 9.17) is 20.3 Å². The van der Waals surface area contributed by atoms with Crippen LogP contribution in [0.25, 0.3) is 0 Å². The average molecular weight is 239 g/mol. The summed E-state index contributed by atoms with van der Waals surface area (Å²) in [6.45, 7) is 1.35. The Kier molecular flexibility index (Phi) is 4.93. The standard InChI is InChI=1S/C12H17NO4/c1-8(15)17-11-4-3-9(7-12(11)16-2)10(13)5-6-14/h3-4,7,10,14H,5-6,13H2,1-2H3/t10-/m1/s1. The molecule has 3 N–H and O–H groups in total. The van der Waals surface area contributed by atoms with E-state index in [1.54, 1.807) is 18.2 Å². The van der Waals surface area contributed by atoms with Crippen LogP contribution in [-0.4, -0.2) is 24.8 Å². The molecule has 0 aliphatic carbocycles. The van der Waals surface area contributed by atoms with Gasteiger partial charge in [-0.1, -0.05) is 6.07 Å². The van der Waals surface area contributed by atoms with Gasteiger partial charge in [0.25, 0.3) is 0 Å². The van der Waals surface area contributed by atoms with Gasteiger partial charge in [0.2, 0.25) is 0 Å². The first kappa shape index (κ1) is 13.5. The van der Waals surface area contributed by atoms with Crippen LogP contribution in [0.2, 0.25) is 0 Å². The second kappa shape index (κ2) is 6.22. The Morgan fingerprint density at radius 2 is 2.18 bits per heavy atom. The number of aliphatic hydroxyl groups excluding tert-OH is 1. The van der Waals surface area contributed by atoms with Crippen LogP contribution in [0.3, 0.4) is 0 Å². The summed E-state index contributed by atoms with van der Waals surface area (Å²) < 4.78 is 10.1. The van der Waals surface area contributed by atoms with Crippen molar-refractivity contribution in [2.45, 2.75) is 19.4 Å². The number of hydrogen-bond donors (Lipinski definition) is 2. The summed E-state index contributed by atoms with van der Waals surface area (Å²) in [5, 5.41) is 8.82. The van der Waals surface area contributed by atoms with Crippen molar-refractivity contribution in [1.82, 2.24) is 0 Å². The Hall–Kier alpha value is -1.59. The quantitative estimate of drug-likeness (QED) is 0.591. The smallest absolute Gasteiger partial charge is 0.308 e. The van der Waals surface area contributed by atoms with E-state index in [0.29, 0.717) is 17.9 Å². The molecule has 0 heterocycles. The van der Waals surface area contributed by atoms with E-state index >= 15 is 0 Å². The molecule has 0 bridgehead atoms. The third-order valence-electron chi connectivity index (χ3n) is 2.31. The zero-order valence-corrected chi connectivity index (χ0v) is 9.97. The molecule has 17 heavy (non-hydrogen) atoms. The summed E-state index contributed by atoms with van der Waals surface area (Å²) in [7, 11) is 1.49. The number of benzene rings is 1. The van der Waals surface area contributed by atoms with Crippen molar-refractivity contribution in [3.63, 3.8) is 0 Å². The molecule has 5 heteroatoms. The monoisotopic (exact) mass is 239 g/mol. The predicted octanol–water partition coefficient (Wildman–Crippen LogP) is 1.00. The Labute approximate surface area is 100 Å². The van der Waals surface area contributed by atoms with Gasteiger partial charge in [-0.2, -0.15) is 0 Å². The highest BCUT2D eigenvalue weighted by Crippen LogP contribution is 2.30. The van der Waals surface area contributed by atoms with Crippen molar-refractivity contribution in [3.8, 4) is 11.5 Å². The highest BCUT2D eigenvalue weighted by Gasteiger charge is 2.11. The molecule has 0 aromatic heterocycles. The van der Waals surface area contributed by atoms with Gasteiger partial charge in [-0.15, -0.1) is 0 Å². The molecule has 0 unspecified atom stereocenters. The first-order valence-corrected chi connectivity index (χ1v) is 5.31. The fourth-order valence-electron chi connectivity index (χ4n) is 1.46. The third kappa shape index (κ3) is 3.72. The average Bonchev–Trinajstić information content (AvgIpc) is 2.29. The zero-order valence-electron chi connectivity index (χ0n) is 9.97. The van der Waals surface area contributed by atoms with Crippen LogP contribution in [0.1, 0.15) is 24.9 Å². The summed E-state index contributed by atoms with van der Waals surface area (Å²) >= 11 is 0. The minimum Gasteiger partial charge on any atom is -0.493 e. The molecule has 0 saturated heterocycles. The van der Waals surface area contributed by atoms with E-state index in [2.05, 4.69) is 0 Å². The van der Waals surface area contributed by atoms with Crippen molar-refractivity contribution in [3.05, 3.63) is 23.8 Å². The molecule has 0 saturated carbocycles. The lowest BCUT2D eigenvalue weighted by Crippen LogP contribution is -2.12. The van der Waals surface area contributed by atoms with Gasteiger partial charge >= 0.3 is 5.97 Å². The fraction of sp³-hybridized carbons (Fsp3) is 0.417. The van der Waals surface area contributed by atoms with Gasteiger partial charge in [0.05, 0.1) is 7.11 Å². The molecule has 0 spiro atoms. The molecular formula is C12H17NO4. The molecule has 0 aliphatic rings.